The molecule has 0 bridgehead atoms. The molecule has 1 aliphatic carbocycles. The highest BCUT2D eigenvalue weighted by Crippen LogP contribution is 2.41. The quantitative estimate of drug-likeness (QED) is 0.750. The maximum atomic E-state index is 3.72. The molecule has 2 aliphatic rings. The minimum Gasteiger partial charge on any atom is -0.380 e. The Bertz CT molecular complexity index is 383. The van der Waals surface area contributed by atoms with Crippen LogP contribution in [-0.4, -0.2) is 12.1 Å². The monoisotopic (exact) mass is 266 g/mol. The predicted molar refractivity (Wildman–Crippen MR) is 67.5 cm³/mol. The highest BCUT2D eigenvalue weighted by Gasteiger charge is 2.36. The number of rotatable bonds is 0. The van der Waals surface area contributed by atoms with Crippen molar-refractivity contribution in [1.29, 1.82) is 0 Å². The summed E-state index contributed by atoms with van der Waals surface area (Å²) in [5.41, 5.74) is 2.79. The number of benzene rings is 1. The number of anilines is 2. The zero-order valence-corrected chi connectivity index (χ0v) is 10.2. The van der Waals surface area contributed by atoms with Crippen molar-refractivity contribution in [3.05, 3.63) is 22.7 Å². The summed E-state index contributed by atoms with van der Waals surface area (Å²) >= 11 is 3.58. The van der Waals surface area contributed by atoms with Gasteiger partial charge in [0.1, 0.15) is 0 Å². The summed E-state index contributed by atoms with van der Waals surface area (Å²) < 4.78 is 1.15. The molecule has 1 heterocycles. The first kappa shape index (κ1) is 9.52. The Kier molecular flexibility index (Phi) is 2.16. The second-order valence-corrected chi connectivity index (χ2v) is 5.48. The lowest BCUT2D eigenvalue weighted by molar-refractivity contribution is 0.500. The first-order valence-corrected chi connectivity index (χ1v) is 6.39. The number of nitrogens with one attached hydrogen (secondary N) is 2. The first-order chi connectivity index (χ1) is 7.29. The Labute approximate surface area is 98.6 Å². The van der Waals surface area contributed by atoms with Crippen molar-refractivity contribution >= 4 is 27.3 Å². The molecular weight excluding hydrogens is 252 g/mol. The van der Waals surface area contributed by atoms with Crippen molar-refractivity contribution < 1.29 is 0 Å². The van der Waals surface area contributed by atoms with Crippen LogP contribution in [0.3, 0.4) is 0 Å². The van der Waals surface area contributed by atoms with E-state index in [9.17, 15) is 0 Å². The van der Waals surface area contributed by atoms with Crippen LogP contribution in [0.25, 0.3) is 0 Å². The summed E-state index contributed by atoms with van der Waals surface area (Å²) in [6.07, 6.45) is 5.31. The lowest BCUT2D eigenvalue weighted by Crippen LogP contribution is -2.45. The van der Waals surface area contributed by atoms with Gasteiger partial charge in [-0.05, 0) is 40.9 Å². The number of halogens is 1. The molecule has 2 N–H and O–H groups in total. The summed E-state index contributed by atoms with van der Waals surface area (Å²) in [6.45, 7) is 1.06. The molecule has 0 aromatic heterocycles. The van der Waals surface area contributed by atoms with E-state index in [0.29, 0.717) is 5.54 Å². The largest absolute Gasteiger partial charge is 0.380 e. The maximum Gasteiger partial charge on any atom is 0.0721 e. The lowest BCUT2D eigenvalue weighted by Gasteiger charge is -2.38. The second-order valence-electron chi connectivity index (χ2n) is 4.63. The van der Waals surface area contributed by atoms with E-state index in [4.69, 9.17) is 0 Å². The van der Waals surface area contributed by atoms with Gasteiger partial charge in [-0.15, -0.1) is 0 Å². The van der Waals surface area contributed by atoms with Gasteiger partial charge in [0.2, 0.25) is 0 Å². The Morgan fingerprint density at radius 2 is 2.00 bits per heavy atom. The average molecular weight is 267 g/mol. The van der Waals surface area contributed by atoms with E-state index in [-0.39, 0.29) is 0 Å². The molecule has 80 valence electrons. The van der Waals surface area contributed by atoms with Gasteiger partial charge in [-0.3, -0.25) is 0 Å². The van der Waals surface area contributed by atoms with Gasteiger partial charge in [0, 0.05) is 11.0 Å². The third-order valence-electron chi connectivity index (χ3n) is 3.58. The number of hydrogen-bond acceptors (Lipinski definition) is 2. The van der Waals surface area contributed by atoms with Crippen LogP contribution < -0.4 is 10.6 Å². The molecule has 1 aromatic carbocycles. The molecule has 1 fully saturated rings. The van der Waals surface area contributed by atoms with Crippen LogP contribution in [-0.2, 0) is 0 Å². The molecule has 0 atom stereocenters. The Morgan fingerprint density at radius 1 is 1.20 bits per heavy atom. The van der Waals surface area contributed by atoms with Crippen molar-refractivity contribution in [1.82, 2.24) is 0 Å². The highest BCUT2D eigenvalue weighted by molar-refractivity contribution is 9.10. The molecule has 3 heteroatoms. The Hall–Kier alpha value is -0.700. The fourth-order valence-electron chi connectivity index (χ4n) is 2.75. The summed E-state index contributed by atoms with van der Waals surface area (Å²) in [7, 11) is 0. The highest BCUT2D eigenvalue weighted by atomic mass is 79.9. The van der Waals surface area contributed by atoms with Crippen LogP contribution in [0.2, 0.25) is 0 Å². The molecule has 0 unspecified atom stereocenters. The van der Waals surface area contributed by atoms with Crippen molar-refractivity contribution in [2.24, 2.45) is 0 Å². The van der Waals surface area contributed by atoms with E-state index in [2.05, 4.69) is 44.8 Å². The predicted octanol–water partition coefficient (Wildman–Crippen LogP) is 3.60. The van der Waals surface area contributed by atoms with Gasteiger partial charge in [-0.2, -0.15) is 0 Å². The minimum atomic E-state index is 0.327. The average Bonchev–Trinajstić information content (AvgIpc) is 2.66. The van der Waals surface area contributed by atoms with Crippen LogP contribution in [0, 0.1) is 0 Å². The fraction of sp³-hybridized carbons (Fsp3) is 0.500. The molecule has 1 saturated carbocycles. The third-order valence-corrected chi connectivity index (χ3v) is 4.24. The van der Waals surface area contributed by atoms with E-state index >= 15 is 0 Å². The van der Waals surface area contributed by atoms with Gasteiger partial charge in [-0.1, -0.05) is 18.9 Å². The van der Waals surface area contributed by atoms with Gasteiger partial charge in [0.15, 0.2) is 0 Å². The van der Waals surface area contributed by atoms with Crippen molar-refractivity contribution in [3.8, 4) is 0 Å². The van der Waals surface area contributed by atoms with Gasteiger partial charge < -0.3 is 10.6 Å². The summed E-state index contributed by atoms with van der Waals surface area (Å²) in [5, 5.41) is 7.27. The third kappa shape index (κ3) is 1.53. The minimum absolute atomic E-state index is 0.327. The van der Waals surface area contributed by atoms with Crippen molar-refractivity contribution in [2.75, 3.05) is 17.2 Å². The van der Waals surface area contributed by atoms with Crippen LogP contribution >= 0.6 is 15.9 Å². The van der Waals surface area contributed by atoms with Gasteiger partial charge in [0.05, 0.1) is 16.9 Å². The standard InChI is InChI=1S/C12H15BrN2/c13-9-4-3-5-10-11(9)14-8-12(15-10)6-1-2-7-12/h3-5,14-15H,1-2,6-8H2. The number of hydrogen-bond donors (Lipinski definition) is 2. The number of fused-ring (bicyclic) bond motifs is 1. The molecule has 3 rings (SSSR count). The van der Waals surface area contributed by atoms with Gasteiger partial charge in [-0.25, -0.2) is 0 Å². The topological polar surface area (TPSA) is 24.1 Å². The Balaban J connectivity index is 1.96. The summed E-state index contributed by atoms with van der Waals surface area (Å²) in [5.74, 6) is 0. The zero-order valence-electron chi connectivity index (χ0n) is 8.65. The van der Waals surface area contributed by atoms with Crippen LogP contribution in [0.5, 0.6) is 0 Å². The van der Waals surface area contributed by atoms with Crippen LogP contribution in [0.15, 0.2) is 22.7 Å². The summed E-state index contributed by atoms with van der Waals surface area (Å²) in [6, 6.07) is 6.33. The molecular formula is C12H15BrN2. The molecule has 1 aromatic rings. The van der Waals surface area contributed by atoms with E-state index in [1.807, 2.05) is 0 Å². The molecule has 15 heavy (non-hydrogen) atoms. The summed E-state index contributed by atoms with van der Waals surface area (Å²) in [4.78, 5) is 0. The van der Waals surface area contributed by atoms with E-state index in [1.165, 1.54) is 37.1 Å². The van der Waals surface area contributed by atoms with Crippen molar-refractivity contribution in [3.63, 3.8) is 0 Å². The molecule has 1 aliphatic heterocycles. The zero-order chi connectivity index (χ0) is 10.3. The van der Waals surface area contributed by atoms with Gasteiger partial charge >= 0.3 is 0 Å². The molecule has 2 nitrogen and oxygen atoms in total. The molecule has 0 saturated heterocycles. The van der Waals surface area contributed by atoms with E-state index in [1.54, 1.807) is 0 Å². The van der Waals surface area contributed by atoms with Crippen molar-refractivity contribution in [2.45, 2.75) is 31.2 Å². The Morgan fingerprint density at radius 3 is 2.80 bits per heavy atom. The fourth-order valence-corrected chi connectivity index (χ4v) is 3.26. The van der Waals surface area contributed by atoms with Crippen LogP contribution in [0.4, 0.5) is 11.4 Å². The first-order valence-electron chi connectivity index (χ1n) is 5.60. The lowest BCUT2D eigenvalue weighted by atomic mass is 9.94. The van der Waals surface area contributed by atoms with E-state index in [0.717, 1.165) is 11.0 Å². The van der Waals surface area contributed by atoms with E-state index < -0.39 is 0 Å². The molecule has 1 spiro atoms. The van der Waals surface area contributed by atoms with Gasteiger partial charge in [0.25, 0.3) is 0 Å². The number of para-hydroxylation sites is 1. The SMILES string of the molecule is Brc1cccc2c1NCC1(CCCC1)N2. The molecule has 0 radical (unpaired) electrons. The maximum absolute atomic E-state index is 3.72. The van der Waals surface area contributed by atoms with Crippen LogP contribution in [0.1, 0.15) is 25.7 Å². The molecule has 0 amide bonds. The smallest absolute Gasteiger partial charge is 0.0721 e. The normalized spacial score (nSPS) is 21.9. The second kappa shape index (κ2) is 3.41.